The lowest BCUT2D eigenvalue weighted by atomic mass is 9.87. The van der Waals surface area contributed by atoms with Gasteiger partial charge in [0.15, 0.2) is 0 Å². The van der Waals surface area contributed by atoms with E-state index in [-0.39, 0.29) is 24.0 Å². The second kappa shape index (κ2) is 5.59. The summed E-state index contributed by atoms with van der Waals surface area (Å²) in [6.45, 7) is 5.36. The molecular weight excluding hydrogens is 268 g/mol. The molecule has 2 amide bonds. The van der Waals surface area contributed by atoms with E-state index in [4.69, 9.17) is 4.74 Å². The van der Waals surface area contributed by atoms with Crippen LogP contribution in [0, 0.1) is 5.92 Å². The Bertz CT molecular complexity index is 429. The van der Waals surface area contributed by atoms with Gasteiger partial charge in [0.05, 0.1) is 6.10 Å². The highest BCUT2D eigenvalue weighted by atomic mass is 16.5. The average molecular weight is 294 g/mol. The van der Waals surface area contributed by atoms with Crippen LogP contribution in [0.1, 0.15) is 52.4 Å². The highest BCUT2D eigenvalue weighted by Gasteiger charge is 2.56. The molecule has 0 aromatic rings. The number of hydrogen-bond acceptors (Lipinski definition) is 3. The lowest BCUT2D eigenvalue weighted by Gasteiger charge is -2.47. The summed E-state index contributed by atoms with van der Waals surface area (Å²) in [5.74, 6) is 0.442. The zero-order chi connectivity index (χ0) is 15.0. The van der Waals surface area contributed by atoms with Crippen molar-refractivity contribution in [3.8, 4) is 0 Å². The van der Waals surface area contributed by atoms with Crippen molar-refractivity contribution in [2.24, 2.45) is 5.92 Å². The van der Waals surface area contributed by atoms with E-state index >= 15 is 0 Å². The van der Waals surface area contributed by atoms with Crippen molar-refractivity contribution >= 4 is 11.8 Å². The maximum absolute atomic E-state index is 12.7. The fraction of sp³-hybridized carbons (Fsp3) is 0.875. The number of nitrogens with zero attached hydrogens (tertiary/aromatic N) is 1. The van der Waals surface area contributed by atoms with E-state index in [1.165, 1.54) is 0 Å². The Balaban J connectivity index is 1.76. The molecule has 1 saturated carbocycles. The lowest BCUT2D eigenvalue weighted by Crippen LogP contribution is -2.70. The third-order valence-electron chi connectivity index (χ3n) is 5.37. The van der Waals surface area contributed by atoms with Gasteiger partial charge in [0.25, 0.3) is 0 Å². The van der Waals surface area contributed by atoms with Gasteiger partial charge >= 0.3 is 0 Å². The third kappa shape index (κ3) is 2.56. The van der Waals surface area contributed by atoms with Crippen LogP contribution in [0.4, 0.5) is 0 Å². The van der Waals surface area contributed by atoms with Crippen molar-refractivity contribution < 1.29 is 14.3 Å². The van der Waals surface area contributed by atoms with Gasteiger partial charge in [-0.1, -0.05) is 6.92 Å². The van der Waals surface area contributed by atoms with Gasteiger partial charge in [-0.15, -0.1) is 0 Å². The van der Waals surface area contributed by atoms with Crippen LogP contribution in [0.15, 0.2) is 0 Å². The first kappa shape index (κ1) is 14.8. The summed E-state index contributed by atoms with van der Waals surface area (Å²) >= 11 is 0. The molecule has 21 heavy (non-hydrogen) atoms. The Hall–Kier alpha value is -1.10. The number of amides is 2. The molecule has 0 bridgehead atoms. The van der Waals surface area contributed by atoms with E-state index in [0.29, 0.717) is 18.9 Å². The van der Waals surface area contributed by atoms with Gasteiger partial charge in [-0.25, -0.2) is 0 Å². The second-order valence-electron chi connectivity index (χ2n) is 6.77. The van der Waals surface area contributed by atoms with E-state index in [1.54, 1.807) is 0 Å². The van der Waals surface area contributed by atoms with Gasteiger partial charge in [0, 0.05) is 13.2 Å². The van der Waals surface area contributed by atoms with Gasteiger partial charge in [0.1, 0.15) is 11.6 Å². The quantitative estimate of drug-likeness (QED) is 0.835. The summed E-state index contributed by atoms with van der Waals surface area (Å²) in [5, 5.41) is 2.92. The van der Waals surface area contributed by atoms with Gasteiger partial charge in [-0.2, -0.15) is 0 Å². The topological polar surface area (TPSA) is 58.6 Å². The molecule has 0 radical (unpaired) electrons. The Morgan fingerprint density at radius 2 is 2.10 bits per heavy atom. The van der Waals surface area contributed by atoms with E-state index < -0.39 is 5.54 Å². The van der Waals surface area contributed by atoms with Crippen molar-refractivity contribution in [3.05, 3.63) is 0 Å². The number of hydrogen-bond donors (Lipinski definition) is 1. The van der Waals surface area contributed by atoms with E-state index in [2.05, 4.69) is 5.32 Å². The molecule has 0 aromatic heterocycles. The van der Waals surface area contributed by atoms with Crippen LogP contribution in [0.25, 0.3) is 0 Å². The highest BCUT2D eigenvalue weighted by Crippen LogP contribution is 2.45. The molecule has 2 aliphatic heterocycles. The summed E-state index contributed by atoms with van der Waals surface area (Å²) in [7, 11) is 0. The van der Waals surface area contributed by atoms with Crippen molar-refractivity contribution in [1.29, 1.82) is 0 Å². The first-order chi connectivity index (χ1) is 10.1. The van der Waals surface area contributed by atoms with Crippen molar-refractivity contribution in [2.45, 2.75) is 70.1 Å². The monoisotopic (exact) mass is 294 g/mol. The molecule has 118 valence electrons. The van der Waals surface area contributed by atoms with E-state index in [9.17, 15) is 9.59 Å². The van der Waals surface area contributed by atoms with E-state index in [0.717, 1.165) is 38.7 Å². The van der Waals surface area contributed by atoms with Crippen LogP contribution in [0.2, 0.25) is 0 Å². The van der Waals surface area contributed by atoms with Crippen LogP contribution in [-0.2, 0) is 14.3 Å². The van der Waals surface area contributed by atoms with Crippen molar-refractivity contribution in [1.82, 2.24) is 10.2 Å². The standard InChI is InChI=1S/C16H26N2O3/c1-3-13-14(19)18(9-8-12-5-4-10-21-12)16(2,11-6-7-11)15(20)17-13/h11-13H,3-10H2,1-2H3,(H,17,20). The highest BCUT2D eigenvalue weighted by molar-refractivity contribution is 6.00. The molecule has 1 aliphatic carbocycles. The summed E-state index contributed by atoms with van der Waals surface area (Å²) in [6.07, 6.45) is 6.03. The summed E-state index contributed by atoms with van der Waals surface area (Å²) in [6, 6.07) is -0.353. The normalized spacial score (nSPS) is 37.0. The van der Waals surface area contributed by atoms with Crippen LogP contribution in [0.3, 0.4) is 0 Å². The molecule has 2 heterocycles. The minimum absolute atomic E-state index is 0.0313. The molecule has 3 aliphatic rings. The number of ether oxygens (including phenoxy) is 1. The van der Waals surface area contributed by atoms with Crippen LogP contribution < -0.4 is 5.32 Å². The fourth-order valence-corrected chi connectivity index (χ4v) is 3.72. The predicted octanol–water partition coefficient (Wildman–Crippen LogP) is 1.46. The van der Waals surface area contributed by atoms with E-state index in [1.807, 2.05) is 18.7 Å². The number of piperazine rings is 1. The van der Waals surface area contributed by atoms with Crippen LogP contribution >= 0.6 is 0 Å². The third-order valence-corrected chi connectivity index (χ3v) is 5.37. The predicted molar refractivity (Wildman–Crippen MR) is 78.7 cm³/mol. The molecule has 3 fully saturated rings. The molecule has 5 heteroatoms. The number of nitrogens with one attached hydrogen (secondary N) is 1. The summed E-state index contributed by atoms with van der Waals surface area (Å²) in [5.41, 5.74) is -0.651. The maximum Gasteiger partial charge on any atom is 0.246 e. The zero-order valence-electron chi connectivity index (χ0n) is 13.1. The Morgan fingerprint density at radius 3 is 2.67 bits per heavy atom. The summed E-state index contributed by atoms with van der Waals surface area (Å²) < 4.78 is 5.66. The maximum atomic E-state index is 12.7. The Morgan fingerprint density at radius 1 is 1.33 bits per heavy atom. The minimum Gasteiger partial charge on any atom is -0.378 e. The molecule has 3 unspecified atom stereocenters. The molecule has 1 N–H and O–H groups in total. The Kier molecular flexibility index (Phi) is 3.95. The molecule has 0 spiro atoms. The first-order valence-electron chi connectivity index (χ1n) is 8.31. The minimum atomic E-state index is -0.651. The van der Waals surface area contributed by atoms with Crippen LogP contribution in [0.5, 0.6) is 0 Å². The smallest absolute Gasteiger partial charge is 0.246 e. The molecule has 3 atom stereocenters. The van der Waals surface area contributed by atoms with Gasteiger partial charge in [-0.05, 0) is 51.4 Å². The molecule has 5 nitrogen and oxygen atoms in total. The van der Waals surface area contributed by atoms with Gasteiger partial charge in [0.2, 0.25) is 11.8 Å². The number of rotatable bonds is 5. The number of carbonyl (C=O) groups excluding carboxylic acids is 2. The lowest BCUT2D eigenvalue weighted by molar-refractivity contribution is -0.158. The zero-order valence-corrected chi connectivity index (χ0v) is 13.1. The fourth-order valence-electron chi connectivity index (χ4n) is 3.72. The second-order valence-corrected chi connectivity index (χ2v) is 6.77. The van der Waals surface area contributed by atoms with Gasteiger partial charge in [-0.3, -0.25) is 9.59 Å². The summed E-state index contributed by atoms with van der Waals surface area (Å²) in [4.78, 5) is 27.2. The number of carbonyl (C=O) groups is 2. The average Bonchev–Trinajstić information content (AvgIpc) is 3.21. The molecule has 3 rings (SSSR count). The molecule has 2 saturated heterocycles. The van der Waals surface area contributed by atoms with Crippen molar-refractivity contribution in [2.75, 3.05) is 13.2 Å². The largest absolute Gasteiger partial charge is 0.378 e. The first-order valence-corrected chi connectivity index (χ1v) is 8.31. The van der Waals surface area contributed by atoms with Crippen LogP contribution in [-0.4, -0.2) is 47.6 Å². The SMILES string of the molecule is CCC1NC(=O)C(C)(C2CC2)N(CCC2CCCO2)C1=O. The Labute approximate surface area is 126 Å². The molecule has 0 aromatic carbocycles. The van der Waals surface area contributed by atoms with Gasteiger partial charge < -0.3 is 15.0 Å². The van der Waals surface area contributed by atoms with Crippen molar-refractivity contribution in [3.63, 3.8) is 0 Å². The molecular formula is C16H26N2O3.